The number of carbonyl (C=O) groups is 3. The molecule has 0 aliphatic rings. The van der Waals surface area contributed by atoms with Gasteiger partial charge in [0.05, 0.1) is 24.9 Å². The quantitative estimate of drug-likeness (QED) is 0.559. The number of esters is 1. The average Bonchev–Trinajstić information content (AvgIpc) is 2.67. The number of halogens is 1. The highest BCUT2D eigenvalue weighted by molar-refractivity contribution is 6.34. The van der Waals surface area contributed by atoms with Crippen molar-refractivity contribution in [2.24, 2.45) is 0 Å². The highest BCUT2D eigenvalue weighted by atomic mass is 35.5. The molecule has 0 saturated carbocycles. The van der Waals surface area contributed by atoms with Crippen molar-refractivity contribution in [3.05, 3.63) is 51.5 Å². The number of methoxy groups -OCH3 is 2. The molecule has 2 rings (SSSR count). The predicted molar refractivity (Wildman–Crippen MR) is 105 cm³/mol. The summed E-state index contributed by atoms with van der Waals surface area (Å²) < 4.78 is 15.4. The zero-order chi connectivity index (χ0) is 20.8. The van der Waals surface area contributed by atoms with Crippen LogP contribution in [0.5, 0.6) is 11.5 Å². The van der Waals surface area contributed by atoms with Crippen LogP contribution in [0.4, 0.5) is 5.69 Å². The Morgan fingerprint density at radius 1 is 1.14 bits per heavy atom. The van der Waals surface area contributed by atoms with Crippen molar-refractivity contribution in [2.45, 2.75) is 13.8 Å². The van der Waals surface area contributed by atoms with Crippen LogP contribution in [0, 0.1) is 13.8 Å². The molecule has 0 atom stereocenters. The van der Waals surface area contributed by atoms with E-state index in [9.17, 15) is 14.4 Å². The van der Waals surface area contributed by atoms with Gasteiger partial charge in [0.15, 0.2) is 24.4 Å². The van der Waals surface area contributed by atoms with Gasteiger partial charge in [-0.2, -0.15) is 0 Å². The molecule has 8 heteroatoms. The van der Waals surface area contributed by atoms with Crippen LogP contribution in [-0.2, 0) is 9.53 Å². The Morgan fingerprint density at radius 2 is 1.86 bits per heavy atom. The number of ether oxygens (including phenoxy) is 3. The van der Waals surface area contributed by atoms with Crippen molar-refractivity contribution < 1.29 is 28.6 Å². The van der Waals surface area contributed by atoms with E-state index in [1.807, 2.05) is 13.0 Å². The average molecular weight is 406 g/mol. The number of nitrogens with one attached hydrogen (secondary N) is 1. The van der Waals surface area contributed by atoms with Gasteiger partial charge in [0.2, 0.25) is 0 Å². The van der Waals surface area contributed by atoms with Crippen molar-refractivity contribution in [3.8, 4) is 11.5 Å². The second-order valence-corrected chi connectivity index (χ2v) is 6.35. The molecule has 148 valence electrons. The van der Waals surface area contributed by atoms with Gasteiger partial charge in [0.25, 0.3) is 5.91 Å². The number of aldehydes is 1. The van der Waals surface area contributed by atoms with Crippen LogP contribution < -0.4 is 14.8 Å². The summed E-state index contributed by atoms with van der Waals surface area (Å²) >= 11 is 6.16. The standard InChI is InChI=1S/C20H20ClNO6/c1-11-7-12(2)18(14(21)8-11)22-16(24)10-28-20(25)17-13(9-23)5-6-15(26-3)19(17)27-4/h5-9H,10H2,1-4H3,(H,22,24). The van der Waals surface area contributed by atoms with Crippen LogP contribution in [0.25, 0.3) is 0 Å². The number of aryl methyl sites for hydroxylation is 2. The van der Waals surface area contributed by atoms with E-state index in [2.05, 4.69) is 5.32 Å². The molecule has 1 N–H and O–H groups in total. The van der Waals surface area contributed by atoms with E-state index in [1.165, 1.54) is 26.4 Å². The minimum atomic E-state index is -0.889. The maximum absolute atomic E-state index is 12.5. The molecule has 2 aromatic rings. The summed E-state index contributed by atoms with van der Waals surface area (Å²) in [6, 6.07) is 6.48. The highest BCUT2D eigenvalue weighted by Crippen LogP contribution is 2.33. The number of hydrogen-bond donors (Lipinski definition) is 1. The maximum atomic E-state index is 12.5. The maximum Gasteiger partial charge on any atom is 0.343 e. The first kappa shape index (κ1) is 21.2. The summed E-state index contributed by atoms with van der Waals surface area (Å²) in [7, 11) is 2.73. The molecule has 0 fully saturated rings. The van der Waals surface area contributed by atoms with Crippen LogP contribution in [0.1, 0.15) is 31.8 Å². The van der Waals surface area contributed by atoms with E-state index in [0.29, 0.717) is 17.0 Å². The normalized spacial score (nSPS) is 10.2. The fourth-order valence-electron chi connectivity index (χ4n) is 2.70. The molecule has 2 aromatic carbocycles. The van der Waals surface area contributed by atoms with Gasteiger partial charge in [0, 0.05) is 5.56 Å². The van der Waals surface area contributed by atoms with Gasteiger partial charge in [-0.3, -0.25) is 9.59 Å². The van der Waals surface area contributed by atoms with E-state index in [1.54, 1.807) is 13.0 Å². The van der Waals surface area contributed by atoms with Crippen LogP contribution >= 0.6 is 11.6 Å². The van der Waals surface area contributed by atoms with Gasteiger partial charge in [-0.15, -0.1) is 0 Å². The summed E-state index contributed by atoms with van der Waals surface area (Å²) in [6.07, 6.45) is 0.494. The smallest absolute Gasteiger partial charge is 0.343 e. The van der Waals surface area contributed by atoms with E-state index >= 15 is 0 Å². The summed E-state index contributed by atoms with van der Waals surface area (Å²) in [6.45, 7) is 3.12. The molecule has 1 amide bonds. The summed E-state index contributed by atoms with van der Waals surface area (Å²) in [5.74, 6) is -1.15. The minimum Gasteiger partial charge on any atom is -0.493 e. The Bertz CT molecular complexity index is 902. The zero-order valence-corrected chi connectivity index (χ0v) is 16.7. The molecule has 0 aliphatic carbocycles. The largest absolute Gasteiger partial charge is 0.493 e. The molecular weight excluding hydrogens is 386 g/mol. The van der Waals surface area contributed by atoms with Crippen LogP contribution in [-0.4, -0.2) is 39.0 Å². The molecule has 0 unspecified atom stereocenters. The molecule has 0 aromatic heterocycles. The van der Waals surface area contributed by atoms with Crippen molar-refractivity contribution >= 4 is 35.5 Å². The Hall–Kier alpha value is -3.06. The highest BCUT2D eigenvalue weighted by Gasteiger charge is 2.23. The van der Waals surface area contributed by atoms with Gasteiger partial charge in [-0.1, -0.05) is 17.7 Å². The van der Waals surface area contributed by atoms with Crippen molar-refractivity contribution in [1.82, 2.24) is 0 Å². The molecular formula is C20H20ClNO6. The lowest BCUT2D eigenvalue weighted by atomic mass is 10.1. The fourth-order valence-corrected chi connectivity index (χ4v) is 3.07. The molecule has 0 heterocycles. The lowest BCUT2D eigenvalue weighted by Gasteiger charge is -2.14. The van der Waals surface area contributed by atoms with Crippen molar-refractivity contribution in [1.29, 1.82) is 0 Å². The fraction of sp³-hybridized carbons (Fsp3) is 0.250. The number of carbonyl (C=O) groups excluding carboxylic acids is 3. The first-order valence-corrected chi connectivity index (χ1v) is 8.64. The monoisotopic (exact) mass is 405 g/mol. The minimum absolute atomic E-state index is 0.0509. The number of rotatable bonds is 7. The van der Waals surface area contributed by atoms with Crippen LogP contribution in [0.15, 0.2) is 24.3 Å². The Kier molecular flexibility index (Phi) is 7.00. The molecule has 0 saturated heterocycles. The first-order chi connectivity index (χ1) is 13.3. The molecule has 0 radical (unpaired) electrons. The Balaban J connectivity index is 2.16. The number of anilines is 1. The summed E-state index contributed by atoms with van der Waals surface area (Å²) in [5, 5.41) is 3.00. The molecule has 28 heavy (non-hydrogen) atoms. The SMILES string of the molecule is COc1ccc(C=O)c(C(=O)OCC(=O)Nc2c(C)cc(C)cc2Cl)c1OC. The Labute approximate surface area is 167 Å². The van der Waals surface area contributed by atoms with Crippen LogP contribution in [0.3, 0.4) is 0 Å². The van der Waals surface area contributed by atoms with Crippen molar-refractivity contribution in [2.75, 3.05) is 26.1 Å². The van der Waals surface area contributed by atoms with Crippen LogP contribution in [0.2, 0.25) is 5.02 Å². The van der Waals surface area contributed by atoms with E-state index in [-0.39, 0.29) is 22.6 Å². The molecule has 0 spiro atoms. The van der Waals surface area contributed by atoms with E-state index in [4.69, 9.17) is 25.8 Å². The zero-order valence-electron chi connectivity index (χ0n) is 15.9. The predicted octanol–water partition coefficient (Wildman–Crippen LogP) is 3.58. The molecule has 7 nitrogen and oxygen atoms in total. The third-order valence-corrected chi connectivity index (χ3v) is 4.24. The third-order valence-electron chi connectivity index (χ3n) is 3.94. The first-order valence-electron chi connectivity index (χ1n) is 8.26. The third kappa shape index (κ3) is 4.61. The number of benzene rings is 2. The van der Waals surface area contributed by atoms with Crippen molar-refractivity contribution in [3.63, 3.8) is 0 Å². The Morgan fingerprint density at radius 3 is 2.43 bits per heavy atom. The summed E-state index contributed by atoms with van der Waals surface area (Å²) in [5.41, 5.74) is 2.12. The van der Waals surface area contributed by atoms with Gasteiger partial charge >= 0.3 is 5.97 Å². The van der Waals surface area contributed by atoms with E-state index in [0.717, 1.165) is 11.1 Å². The lowest BCUT2D eigenvalue weighted by molar-refractivity contribution is -0.119. The lowest BCUT2D eigenvalue weighted by Crippen LogP contribution is -2.22. The molecule has 0 bridgehead atoms. The number of amides is 1. The second kappa shape index (κ2) is 9.23. The van der Waals surface area contributed by atoms with Gasteiger partial charge in [-0.05, 0) is 43.2 Å². The second-order valence-electron chi connectivity index (χ2n) is 5.95. The number of hydrogen-bond acceptors (Lipinski definition) is 6. The summed E-state index contributed by atoms with van der Waals surface area (Å²) in [4.78, 5) is 36.0. The van der Waals surface area contributed by atoms with E-state index < -0.39 is 18.5 Å². The molecule has 0 aliphatic heterocycles. The van der Waals surface area contributed by atoms with Gasteiger partial charge < -0.3 is 19.5 Å². The van der Waals surface area contributed by atoms with Gasteiger partial charge in [-0.25, -0.2) is 4.79 Å². The topological polar surface area (TPSA) is 90.9 Å². The van der Waals surface area contributed by atoms with Gasteiger partial charge in [0.1, 0.15) is 5.56 Å².